The zero-order valence-corrected chi connectivity index (χ0v) is 15.3. The number of hydrogen-bond acceptors (Lipinski definition) is 7. The summed E-state index contributed by atoms with van der Waals surface area (Å²) < 4.78 is 18.6. The summed E-state index contributed by atoms with van der Waals surface area (Å²) in [6.45, 7) is 1.56. The van der Waals surface area contributed by atoms with Crippen LogP contribution in [-0.2, 0) is 4.79 Å². The Kier molecular flexibility index (Phi) is 5.63. The molecule has 9 nitrogen and oxygen atoms in total. The van der Waals surface area contributed by atoms with Crippen LogP contribution in [0.2, 0.25) is 0 Å². The summed E-state index contributed by atoms with van der Waals surface area (Å²) in [6.07, 6.45) is 0. The molecule has 10 heteroatoms. The maximum absolute atomic E-state index is 13.2. The van der Waals surface area contributed by atoms with E-state index in [0.717, 1.165) is 0 Å². The fourth-order valence-electron chi connectivity index (χ4n) is 2.31. The quantitative estimate of drug-likeness (QED) is 0.517. The molecule has 3 rings (SSSR count). The molecule has 0 spiro atoms. The number of primary amides is 2. The van der Waals surface area contributed by atoms with Crippen LogP contribution >= 0.6 is 0 Å². The van der Waals surface area contributed by atoms with E-state index in [1.807, 2.05) is 0 Å². The van der Waals surface area contributed by atoms with Crippen molar-refractivity contribution in [2.75, 3.05) is 5.32 Å². The van der Waals surface area contributed by atoms with Crippen molar-refractivity contribution in [3.63, 3.8) is 0 Å². The minimum Gasteiger partial charge on any atom is -0.439 e. The molecule has 0 aliphatic rings. The molecular weight excluding hydrogens is 379 g/mol. The number of carbonyl (C=O) groups is 2. The average Bonchev–Trinajstić information content (AvgIpc) is 2.68. The van der Waals surface area contributed by atoms with E-state index in [9.17, 15) is 14.0 Å². The Bertz CT molecular complexity index is 1060. The SMILES string of the molecule is CC(Nc1cc(C(N)=O)nc(-c2ccc(Oc3cccc(F)n3)cc2)n1)C(N)=O. The van der Waals surface area contributed by atoms with Gasteiger partial charge in [-0.3, -0.25) is 9.59 Å². The van der Waals surface area contributed by atoms with Crippen LogP contribution in [0.25, 0.3) is 11.4 Å². The fraction of sp³-hybridized carbons (Fsp3) is 0.105. The number of carbonyl (C=O) groups excluding carboxylic acids is 2. The number of benzene rings is 1. The number of nitrogens with zero attached hydrogens (tertiary/aromatic N) is 3. The minimum atomic E-state index is -0.749. The average molecular weight is 396 g/mol. The van der Waals surface area contributed by atoms with Crippen LogP contribution in [0.3, 0.4) is 0 Å². The lowest BCUT2D eigenvalue weighted by molar-refractivity contribution is -0.118. The highest BCUT2D eigenvalue weighted by molar-refractivity contribution is 5.92. The van der Waals surface area contributed by atoms with Gasteiger partial charge in [-0.2, -0.15) is 9.37 Å². The number of rotatable bonds is 7. The maximum atomic E-state index is 13.2. The summed E-state index contributed by atoms with van der Waals surface area (Å²) in [5.74, 6) is -1.04. The van der Waals surface area contributed by atoms with Crippen molar-refractivity contribution in [1.29, 1.82) is 0 Å². The number of ether oxygens (including phenoxy) is 1. The van der Waals surface area contributed by atoms with Gasteiger partial charge in [-0.05, 0) is 37.3 Å². The maximum Gasteiger partial charge on any atom is 0.267 e. The zero-order valence-electron chi connectivity index (χ0n) is 15.3. The molecule has 2 amide bonds. The number of nitrogens with one attached hydrogen (secondary N) is 1. The third-order valence-electron chi connectivity index (χ3n) is 3.79. The van der Waals surface area contributed by atoms with Gasteiger partial charge in [-0.15, -0.1) is 0 Å². The van der Waals surface area contributed by atoms with Gasteiger partial charge in [0.25, 0.3) is 5.91 Å². The Balaban J connectivity index is 1.87. The molecule has 148 valence electrons. The Morgan fingerprint density at radius 3 is 2.41 bits per heavy atom. The Morgan fingerprint density at radius 2 is 1.79 bits per heavy atom. The van der Waals surface area contributed by atoms with E-state index in [-0.39, 0.29) is 23.2 Å². The largest absolute Gasteiger partial charge is 0.439 e. The third kappa shape index (κ3) is 5.01. The van der Waals surface area contributed by atoms with Gasteiger partial charge in [0.1, 0.15) is 23.3 Å². The van der Waals surface area contributed by atoms with Crippen molar-refractivity contribution in [2.24, 2.45) is 11.5 Å². The van der Waals surface area contributed by atoms with Crippen LogP contribution in [0.4, 0.5) is 10.2 Å². The van der Waals surface area contributed by atoms with Crippen molar-refractivity contribution < 1.29 is 18.7 Å². The number of hydrogen-bond donors (Lipinski definition) is 3. The van der Waals surface area contributed by atoms with Crippen molar-refractivity contribution >= 4 is 17.6 Å². The van der Waals surface area contributed by atoms with E-state index in [0.29, 0.717) is 11.3 Å². The Morgan fingerprint density at radius 1 is 1.07 bits per heavy atom. The lowest BCUT2D eigenvalue weighted by Gasteiger charge is -2.13. The lowest BCUT2D eigenvalue weighted by atomic mass is 10.2. The van der Waals surface area contributed by atoms with Gasteiger partial charge in [0.2, 0.25) is 17.7 Å². The van der Waals surface area contributed by atoms with Crippen molar-refractivity contribution in [2.45, 2.75) is 13.0 Å². The highest BCUT2D eigenvalue weighted by Gasteiger charge is 2.14. The fourth-order valence-corrected chi connectivity index (χ4v) is 2.31. The zero-order chi connectivity index (χ0) is 21.0. The van der Waals surface area contributed by atoms with Gasteiger partial charge in [0, 0.05) is 17.7 Å². The molecular formula is C19H17FN6O3. The first-order chi connectivity index (χ1) is 13.8. The summed E-state index contributed by atoms with van der Waals surface area (Å²) in [5.41, 5.74) is 11.1. The van der Waals surface area contributed by atoms with E-state index in [4.69, 9.17) is 16.2 Å². The summed E-state index contributed by atoms with van der Waals surface area (Å²) >= 11 is 0. The molecule has 0 saturated heterocycles. The number of aromatic nitrogens is 3. The molecule has 0 bridgehead atoms. The predicted molar refractivity (Wildman–Crippen MR) is 103 cm³/mol. The van der Waals surface area contributed by atoms with E-state index in [1.165, 1.54) is 24.3 Å². The molecule has 0 aliphatic heterocycles. The molecule has 0 saturated carbocycles. The Hall–Kier alpha value is -4.08. The molecule has 5 N–H and O–H groups in total. The van der Waals surface area contributed by atoms with E-state index < -0.39 is 23.8 Å². The molecule has 1 unspecified atom stereocenters. The molecule has 0 radical (unpaired) electrons. The standard InChI is InChI=1S/C19H17FN6O3/c1-10(17(21)27)23-15-9-13(18(22)28)24-19(26-15)11-5-7-12(8-6-11)29-16-4-2-3-14(20)25-16/h2-10H,1H3,(H2,21,27)(H2,22,28)(H,23,24,26). The van der Waals surface area contributed by atoms with E-state index in [1.54, 1.807) is 31.2 Å². The van der Waals surface area contributed by atoms with Crippen molar-refractivity contribution in [3.05, 3.63) is 60.2 Å². The molecule has 1 atom stereocenters. The first-order valence-electron chi connectivity index (χ1n) is 8.47. The van der Waals surface area contributed by atoms with Crippen LogP contribution in [0.1, 0.15) is 17.4 Å². The summed E-state index contributed by atoms with van der Waals surface area (Å²) in [5, 5.41) is 2.79. The molecule has 3 aromatic rings. The molecule has 2 heterocycles. The van der Waals surface area contributed by atoms with Crippen LogP contribution in [0.5, 0.6) is 11.6 Å². The molecule has 0 aliphatic carbocycles. The van der Waals surface area contributed by atoms with E-state index in [2.05, 4.69) is 20.3 Å². The monoisotopic (exact) mass is 396 g/mol. The van der Waals surface area contributed by atoms with Crippen LogP contribution < -0.4 is 21.5 Å². The van der Waals surface area contributed by atoms with Gasteiger partial charge in [0.05, 0.1) is 0 Å². The van der Waals surface area contributed by atoms with Gasteiger partial charge >= 0.3 is 0 Å². The first kappa shape index (κ1) is 19.7. The summed E-state index contributed by atoms with van der Waals surface area (Å²) in [6, 6.07) is 11.4. The van der Waals surface area contributed by atoms with Crippen LogP contribution in [-0.4, -0.2) is 32.8 Å². The predicted octanol–water partition coefficient (Wildman–Crippen LogP) is 1.85. The second-order valence-corrected chi connectivity index (χ2v) is 6.02. The molecule has 2 aromatic heterocycles. The summed E-state index contributed by atoms with van der Waals surface area (Å²) in [7, 11) is 0. The normalized spacial score (nSPS) is 11.5. The minimum absolute atomic E-state index is 0.0292. The van der Waals surface area contributed by atoms with Gasteiger partial charge in [-0.1, -0.05) is 6.07 Å². The summed E-state index contributed by atoms with van der Waals surface area (Å²) in [4.78, 5) is 34.9. The second-order valence-electron chi connectivity index (χ2n) is 6.02. The second kappa shape index (κ2) is 8.30. The molecule has 0 fully saturated rings. The van der Waals surface area contributed by atoms with Crippen LogP contribution in [0, 0.1) is 5.95 Å². The number of halogens is 1. The number of nitrogens with two attached hydrogens (primary N) is 2. The Labute approximate surface area is 164 Å². The van der Waals surface area contributed by atoms with Crippen molar-refractivity contribution in [1.82, 2.24) is 15.0 Å². The highest BCUT2D eigenvalue weighted by atomic mass is 19.1. The lowest BCUT2D eigenvalue weighted by Crippen LogP contribution is -2.33. The number of amides is 2. The highest BCUT2D eigenvalue weighted by Crippen LogP contribution is 2.24. The number of pyridine rings is 1. The smallest absolute Gasteiger partial charge is 0.267 e. The van der Waals surface area contributed by atoms with Gasteiger partial charge < -0.3 is 21.5 Å². The topological polar surface area (TPSA) is 146 Å². The van der Waals surface area contributed by atoms with Gasteiger partial charge in [-0.25, -0.2) is 9.97 Å². The van der Waals surface area contributed by atoms with Gasteiger partial charge in [0.15, 0.2) is 5.82 Å². The van der Waals surface area contributed by atoms with Crippen molar-refractivity contribution in [3.8, 4) is 23.0 Å². The third-order valence-corrected chi connectivity index (χ3v) is 3.79. The molecule has 1 aromatic carbocycles. The first-order valence-corrected chi connectivity index (χ1v) is 8.47. The number of anilines is 1. The van der Waals surface area contributed by atoms with E-state index >= 15 is 0 Å². The van der Waals surface area contributed by atoms with Crippen LogP contribution in [0.15, 0.2) is 48.5 Å². The molecule has 29 heavy (non-hydrogen) atoms.